The van der Waals surface area contributed by atoms with Crippen molar-refractivity contribution in [2.45, 2.75) is 4.90 Å². The van der Waals surface area contributed by atoms with Crippen molar-refractivity contribution in [1.82, 2.24) is 4.89 Å². The van der Waals surface area contributed by atoms with E-state index >= 15 is 0 Å². The van der Waals surface area contributed by atoms with Gasteiger partial charge in [-0.25, -0.2) is 13.2 Å². The Labute approximate surface area is 122 Å². The zero-order chi connectivity index (χ0) is 15.3. The largest absolute Gasteiger partial charge is 0.479 e. The van der Waals surface area contributed by atoms with Crippen molar-refractivity contribution in [3.05, 3.63) is 54.6 Å². The highest BCUT2D eigenvalue weighted by Gasteiger charge is 2.19. The van der Waals surface area contributed by atoms with Crippen LogP contribution in [0.1, 0.15) is 0 Å². The molecule has 0 aliphatic carbocycles. The number of carbonyl (C=O) groups is 1. The Morgan fingerprint density at radius 1 is 1.05 bits per heavy atom. The predicted molar refractivity (Wildman–Crippen MR) is 75.8 cm³/mol. The van der Waals surface area contributed by atoms with Gasteiger partial charge in [-0.1, -0.05) is 53.4 Å². The molecule has 21 heavy (non-hydrogen) atoms. The minimum atomic E-state index is -3.97. The summed E-state index contributed by atoms with van der Waals surface area (Å²) in [4.78, 5) is 16.6. The molecule has 0 fully saturated rings. The van der Waals surface area contributed by atoms with Crippen molar-refractivity contribution >= 4 is 16.0 Å². The Bertz CT molecular complexity index is 728. The first-order valence-electron chi connectivity index (χ1n) is 6.00. The standard InChI is InChI=1S/C14H13NO5S/c16-14(17)10-20-15-21(18,19)13-9-5-4-8-12(13)11-6-2-1-3-7-11/h1-9,15H,10H2,(H,16,17). The SMILES string of the molecule is O=C(O)CONS(=O)(=O)c1ccccc1-c1ccccc1. The van der Waals surface area contributed by atoms with Crippen LogP contribution in [0, 0.1) is 0 Å². The minimum Gasteiger partial charge on any atom is -0.479 e. The highest BCUT2D eigenvalue weighted by molar-refractivity contribution is 7.89. The van der Waals surface area contributed by atoms with E-state index in [0.717, 1.165) is 5.56 Å². The van der Waals surface area contributed by atoms with Gasteiger partial charge in [-0.2, -0.15) is 0 Å². The second-order valence-electron chi connectivity index (χ2n) is 4.13. The summed E-state index contributed by atoms with van der Waals surface area (Å²) in [6, 6.07) is 15.4. The van der Waals surface area contributed by atoms with Gasteiger partial charge in [0.25, 0.3) is 10.0 Å². The average Bonchev–Trinajstić information content (AvgIpc) is 2.47. The number of carboxylic acids is 1. The van der Waals surface area contributed by atoms with Crippen LogP contribution in [-0.2, 0) is 19.7 Å². The van der Waals surface area contributed by atoms with Crippen LogP contribution in [0.5, 0.6) is 0 Å². The summed E-state index contributed by atoms with van der Waals surface area (Å²) in [5.74, 6) is -1.27. The third-order valence-electron chi connectivity index (χ3n) is 2.63. The van der Waals surface area contributed by atoms with Crippen LogP contribution in [0.3, 0.4) is 0 Å². The number of sulfonamides is 1. The number of aliphatic carboxylic acids is 1. The molecule has 0 radical (unpaired) electrons. The lowest BCUT2D eigenvalue weighted by Crippen LogP contribution is -2.27. The topological polar surface area (TPSA) is 92.7 Å². The monoisotopic (exact) mass is 307 g/mol. The molecule has 0 aliphatic rings. The second-order valence-corrected chi connectivity index (χ2v) is 5.74. The van der Waals surface area contributed by atoms with E-state index < -0.39 is 22.6 Å². The molecule has 0 saturated carbocycles. The van der Waals surface area contributed by atoms with Gasteiger partial charge < -0.3 is 5.11 Å². The molecule has 7 heteroatoms. The molecule has 2 aromatic rings. The van der Waals surface area contributed by atoms with E-state index in [1.807, 2.05) is 11.0 Å². The molecule has 2 rings (SSSR count). The number of benzene rings is 2. The first-order valence-corrected chi connectivity index (χ1v) is 7.49. The lowest BCUT2D eigenvalue weighted by atomic mass is 10.1. The van der Waals surface area contributed by atoms with Gasteiger partial charge in [0.05, 0.1) is 4.90 Å². The molecule has 0 unspecified atom stereocenters. The van der Waals surface area contributed by atoms with Crippen LogP contribution in [0.2, 0.25) is 0 Å². The van der Waals surface area contributed by atoms with Gasteiger partial charge >= 0.3 is 5.97 Å². The first-order chi connectivity index (χ1) is 10.0. The van der Waals surface area contributed by atoms with Crippen molar-refractivity contribution in [3.8, 4) is 11.1 Å². The van der Waals surface area contributed by atoms with E-state index in [-0.39, 0.29) is 4.90 Å². The third-order valence-corrected chi connectivity index (χ3v) is 3.90. The van der Waals surface area contributed by atoms with Crippen LogP contribution in [-0.4, -0.2) is 26.1 Å². The molecule has 110 valence electrons. The van der Waals surface area contributed by atoms with Crippen LogP contribution in [0.25, 0.3) is 11.1 Å². The van der Waals surface area contributed by atoms with Crippen molar-refractivity contribution in [2.75, 3.05) is 6.61 Å². The van der Waals surface area contributed by atoms with Gasteiger partial charge in [-0.15, -0.1) is 0 Å². The maximum Gasteiger partial charge on any atom is 0.331 e. The Morgan fingerprint density at radius 3 is 2.33 bits per heavy atom. The van der Waals surface area contributed by atoms with Crippen LogP contribution < -0.4 is 4.89 Å². The van der Waals surface area contributed by atoms with Crippen molar-refractivity contribution in [1.29, 1.82) is 0 Å². The van der Waals surface area contributed by atoms with E-state index in [4.69, 9.17) is 5.11 Å². The lowest BCUT2D eigenvalue weighted by molar-refractivity contribution is -0.143. The molecule has 0 amide bonds. The molecular formula is C14H13NO5S. The van der Waals surface area contributed by atoms with Crippen LogP contribution >= 0.6 is 0 Å². The average molecular weight is 307 g/mol. The lowest BCUT2D eigenvalue weighted by Gasteiger charge is -2.11. The van der Waals surface area contributed by atoms with E-state index in [9.17, 15) is 13.2 Å². The summed E-state index contributed by atoms with van der Waals surface area (Å²) in [6.45, 7) is -0.757. The van der Waals surface area contributed by atoms with Gasteiger partial charge in [0.1, 0.15) is 0 Å². The first kappa shape index (κ1) is 15.2. The Morgan fingerprint density at radius 2 is 1.67 bits per heavy atom. The number of nitrogens with one attached hydrogen (secondary N) is 1. The summed E-state index contributed by atoms with van der Waals surface area (Å²) in [7, 11) is -3.97. The normalized spacial score (nSPS) is 11.2. The smallest absolute Gasteiger partial charge is 0.331 e. The molecule has 2 aromatic carbocycles. The number of hydrogen-bond donors (Lipinski definition) is 2. The summed E-state index contributed by atoms with van der Waals surface area (Å²) in [6.07, 6.45) is 0. The van der Waals surface area contributed by atoms with Gasteiger partial charge in [-0.05, 0) is 11.6 Å². The zero-order valence-electron chi connectivity index (χ0n) is 10.9. The van der Waals surface area contributed by atoms with E-state index in [2.05, 4.69) is 4.84 Å². The Hall–Kier alpha value is -2.22. The maximum atomic E-state index is 12.2. The van der Waals surface area contributed by atoms with Crippen LogP contribution in [0.15, 0.2) is 59.5 Å². The highest BCUT2D eigenvalue weighted by atomic mass is 32.2. The van der Waals surface area contributed by atoms with Crippen LogP contribution in [0.4, 0.5) is 0 Å². The molecule has 0 spiro atoms. The predicted octanol–water partition coefficient (Wildman–Crippen LogP) is 1.65. The molecular weight excluding hydrogens is 294 g/mol. The third kappa shape index (κ3) is 3.88. The number of rotatable bonds is 6. The fourth-order valence-electron chi connectivity index (χ4n) is 1.77. The van der Waals surface area contributed by atoms with Crippen molar-refractivity contribution in [3.63, 3.8) is 0 Å². The molecule has 6 nitrogen and oxygen atoms in total. The molecule has 0 atom stereocenters. The fraction of sp³-hybridized carbons (Fsp3) is 0.0714. The molecule has 0 aromatic heterocycles. The Balaban J connectivity index is 2.34. The highest BCUT2D eigenvalue weighted by Crippen LogP contribution is 2.26. The van der Waals surface area contributed by atoms with E-state index in [1.165, 1.54) is 6.07 Å². The summed E-state index contributed by atoms with van der Waals surface area (Å²) in [5.41, 5.74) is 1.24. The molecule has 2 N–H and O–H groups in total. The quantitative estimate of drug-likeness (QED) is 0.792. The van der Waals surface area contributed by atoms with Crippen molar-refractivity contribution < 1.29 is 23.2 Å². The number of carboxylic acid groups (broad SMARTS) is 1. The van der Waals surface area contributed by atoms with Gasteiger partial charge in [0.15, 0.2) is 6.61 Å². The molecule has 0 saturated heterocycles. The minimum absolute atomic E-state index is 0.0154. The maximum absolute atomic E-state index is 12.2. The van der Waals surface area contributed by atoms with E-state index in [0.29, 0.717) is 5.56 Å². The molecule has 0 heterocycles. The summed E-state index contributed by atoms with van der Waals surface area (Å²) in [5, 5.41) is 8.45. The van der Waals surface area contributed by atoms with Gasteiger partial charge in [0, 0.05) is 5.56 Å². The second kappa shape index (κ2) is 6.49. The fourth-order valence-corrected chi connectivity index (χ4v) is 2.81. The van der Waals surface area contributed by atoms with Gasteiger partial charge in [-0.3, -0.25) is 4.84 Å². The zero-order valence-corrected chi connectivity index (χ0v) is 11.7. The molecule has 0 bridgehead atoms. The number of hydrogen-bond acceptors (Lipinski definition) is 4. The summed E-state index contributed by atoms with van der Waals surface area (Å²) >= 11 is 0. The molecule has 0 aliphatic heterocycles. The van der Waals surface area contributed by atoms with E-state index in [1.54, 1.807) is 42.5 Å². The Kier molecular flexibility index (Phi) is 4.69. The van der Waals surface area contributed by atoms with Crippen molar-refractivity contribution in [2.24, 2.45) is 0 Å². The van der Waals surface area contributed by atoms with Gasteiger partial charge in [0.2, 0.25) is 0 Å². The summed E-state index contributed by atoms with van der Waals surface area (Å²) < 4.78 is 24.4.